The predicted octanol–water partition coefficient (Wildman–Crippen LogP) is 16.2. The zero-order chi connectivity index (χ0) is 39.0. The van der Waals surface area contributed by atoms with Crippen LogP contribution >= 0.6 is 11.3 Å². The lowest BCUT2D eigenvalue weighted by Crippen LogP contribution is -1.98. The fourth-order valence-electron chi connectivity index (χ4n) is 6.78. The summed E-state index contributed by atoms with van der Waals surface area (Å²) < 4.78 is 2.27. The quantitative estimate of drug-likeness (QED) is 0.127. The number of benzene rings is 3. The van der Waals surface area contributed by atoms with Crippen LogP contribution in [-0.4, -0.2) is 4.57 Å². The Bertz CT molecular complexity index is 2080. The van der Waals surface area contributed by atoms with E-state index in [-0.39, 0.29) is 0 Å². The molecule has 2 heterocycles. The molecule has 0 spiro atoms. The molecule has 5 aromatic rings. The molecule has 0 aliphatic carbocycles. The first-order valence-electron chi connectivity index (χ1n) is 18.9. The van der Waals surface area contributed by atoms with Gasteiger partial charge in [-0.25, -0.2) is 0 Å². The van der Waals surface area contributed by atoms with E-state index >= 15 is 0 Å². The van der Waals surface area contributed by atoms with Gasteiger partial charge in [-0.15, -0.1) is 11.3 Å². The van der Waals surface area contributed by atoms with Crippen LogP contribution < -0.4 is 0 Å². The van der Waals surface area contributed by atoms with Gasteiger partial charge in [0.05, 0.1) is 0 Å². The van der Waals surface area contributed by atoms with Crippen LogP contribution in [0.3, 0.4) is 0 Å². The molecule has 0 aliphatic rings. The number of aryl methyl sites for hydroxylation is 1. The lowest BCUT2D eigenvalue weighted by molar-refractivity contribution is 0.827. The topological polar surface area (TPSA) is 4.93 Å². The zero-order valence-corrected chi connectivity index (χ0v) is 35.0. The first kappa shape index (κ1) is 43.5. The Morgan fingerprint density at radius 2 is 1.19 bits per heavy atom. The number of rotatable bonds is 10. The number of aromatic nitrogens is 1. The van der Waals surface area contributed by atoms with Gasteiger partial charge in [-0.05, 0) is 90.9 Å². The first-order chi connectivity index (χ1) is 25.2. The Balaban J connectivity index is 0.000000360. The van der Waals surface area contributed by atoms with Crippen LogP contribution in [0.1, 0.15) is 130 Å². The molecule has 274 valence electrons. The molecule has 0 radical (unpaired) electrons. The molecule has 0 aliphatic heterocycles. The van der Waals surface area contributed by atoms with E-state index < -0.39 is 0 Å². The van der Waals surface area contributed by atoms with Crippen molar-refractivity contribution in [3.63, 3.8) is 0 Å². The first-order valence-corrected chi connectivity index (χ1v) is 19.8. The Morgan fingerprint density at radius 3 is 1.69 bits per heavy atom. The second-order valence-corrected chi connectivity index (χ2v) is 13.2. The maximum absolute atomic E-state index is 4.05. The van der Waals surface area contributed by atoms with E-state index in [9.17, 15) is 0 Å². The van der Waals surface area contributed by atoms with Gasteiger partial charge in [0, 0.05) is 45.2 Å². The van der Waals surface area contributed by atoms with E-state index in [1.165, 1.54) is 81.6 Å². The van der Waals surface area contributed by atoms with Crippen molar-refractivity contribution in [1.82, 2.24) is 4.57 Å². The largest absolute Gasteiger partial charge is 0.347 e. The Hall–Kier alpha value is -4.66. The minimum Gasteiger partial charge on any atom is -0.347 e. The SMILES string of the molecule is C/C=C\c1c(C)c2ccccc2c2ccccc12.C=Cc1sc(C(C)/C(C)=C/c2c(/C=C\C)c(C=C)n(C)c2CC)c(/C=C\C)c1C=C.CC.CC. The summed E-state index contributed by atoms with van der Waals surface area (Å²) in [5.41, 5.74) is 11.5. The molecule has 2 aromatic heterocycles. The maximum atomic E-state index is 4.05. The van der Waals surface area contributed by atoms with Gasteiger partial charge in [-0.2, -0.15) is 0 Å². The number of fused-ring (bicyclic) bond motifs is 3. The molecule has 1 unspecified atom stereocenters. The van der Waals surface area contributed by atoms with Gasteiger partial charge in [0.15, 0.2) is 0 Å². The summed E-state index contributed by atoms with van der Waals surface area (Å²) in [6.07, 6.45) is 22.1. The van der Waals surface area contributed by atoms with Crippen LogP contribution in [-0.2, 0) is 13.5 Å². The summed E-state index contributed by atoms with van der Waals surface area (Å²) in [6, 6.07) is 17.3. The summed E-state index contributed by atoms with van der Waals surface area (Å²) in [4.78, 5) is 2.54. The van der Waals surface area contributed by atoms with Crippen LogP contribution in [0.4, 0.5) is 0 Å². The van der Waals surface area contributed by atoms with Crippen LogP contribution in [0.15, 0.2) is 92.1 Å². The van der Waals surface area contributed by atoms with E-state index in [0.29, 0.717) is 5.92 Å². The van der Waals surface area contributed by atoms with Crippen LogP contribution in [0, 0.1) is 6.92 Å². The van der Waals surface area contributed by atoms with E-state index in [1.807, 2.05) is 57.3 Å². The highest BCUT2D eigenvalue weighted by Gasteiger charge is 2.21. The standard InChI is InChI=1S/C28H35NS.C18H16.2C2H6/c1-10-16-22-24(26(14-5)29(9)25(22)13-4)18-19(7)20(8)28-23(17-11-2)21(12-3)27(15-6)30-28;1-3-8-14-13(2)15-9-4-5-11-17(15)18-12-7-6-10-16(14)18;2*1-2/h10-13,15-18,20H,3-4,6,14H2,1-2,5,7-9H3;3-12H,1-2H3;2*1-2H3/b16-10-,17-11-,19-18+;8-3-;;. The Labute approximate surface area is 320 Å². The third-order valence-corrected chi connectivity index (χ3v) is 10.7. The number of nitrogens with zero attached hydrogens (tertiary/aromatic N) is 1. The molecule has 1 atom stereocenters. The average Bonchev–Trinajstić information content (AvgIpc) is 3.67. The lowest BCUT2D eigenvalue weighted by atomic mass is 9.92. The predicted molar refractivity (Wildman–Crippen MR) is 244 cm³/mol. The van der Waals surface area contributed by atoms with E-state index in [0.717, 1.165) is 6.42 Å². The molecule has 0 N–H and O–H groups in total. The Morgan fingerprint density at radius 1 is 0.692 bits per heavy atom. The fraction of sp³-hybridized carbons (Fsp3) is 0.280. The average molecular weight is 710 g/mol. The molecule has 5 rings (SSSR count). The van der Waals surface area contributed by atoms with Crippen LogP contribution in [0.2, 0.25) is 0 Å². The van der Waals surface area contributed by atoms with Gasteiger partial charge in [-0.3, -0.25) is 0 Å². The fourth-order valence-corrected chi connectivity index (χ4v) is 8.05. The summed E-state index contributed by atoms with van der Waals surface area (Å²) in [6.45, 7) is 35.3. The number of allylic oxidation sites excluding steroid dienone is 4. The van der Waals surface area contributed by atoms with Crippen molar-refractivity contribution in [2.45, 2.75) is 88.5 Å². The van der Waals surface area contributed by atoms with Crippen LogP contribution in [0.5, 0.6) is 0 Å². The summed E-state index contributed by atoms with van der Waals surface area (Å²) in [7, 11) is 2.13. The minimum atomic E-state index is 0.296. The molecule has 0 amide bonds. The number of hydrogen-bond acceptors (Lipinski definition) is 1. The summed E-state index contributed by atoms with van der Waals surface area (Å²) in [5.74, 6) is 0.296. The zero-order valence-electron chi connectivity index (χ0n) is 34.2. The van der Waals surface area contributed by atoms with Crippen molar-refractivity contribution in [3.05, 3.63) is 147 Å². The van der Waals surface area contributed by atoms with Gasteiger partial charge < -0.3 is 4.57 Å². The highest BCUT2D eigenvalue weighted by Crippen LogP contribution is 2.40. The molecular formula is C50H63NS. The molecule has 0 saturated carbocycles. The molecule has 0 saturated heterocycles. The lowest BCUT2D eigenvalue weighted by Gasteiger charge is -2.14. The van der Waals surface area contributed by atoms with Gasteiger partial charge >= 0.3 is 0 Å². The minimum absolute atomic E-state index is 0.296. The smallest absolute Gasteiger partial charge is 0.0480 e. The molecule has 3 aromatic carbocycles. The van der Waals surface area contributed by atoms with Gasteiger partial charge in [0.1, 0.15) is 0 Å². The molecule has 52 heavy (non-hydrogen) atoms. The maximum Gasteiger partial charge on any atom is 0.0480 e. The number of hydrogen-bond donors (Lipinski definition) is 0. The summed E-state index contributed by atoms with van der Waals surface area (Å²) in [5, 5.41) is 5.38. The number of thiophene rings is 1. The summed E-state index contributed by atoms with van der Waals surface area (Å²) >= 11 is 1.82. The van der Waals surface area contributed by atoms with Crippen molar-refractivity contribution < 1.29 is 0 Å². The Kier molecular flexibility index (Phi) is 18.1. The highest BCUT2D eigenvalue weighted by atomic mass is 32.1. The van der Waals surface area contributed by atoms with E-state index in [4.69, 9.17) is 0 Å². The highest BCUT2D eigenvalue weighted by molar-refractivity contribution is 7.13. The normalized spacial score (nSPS) is 12.0. The van der Waals surface area contributed by atoms with Gasteiger partial charge in [-0.1, -0.05) is 170 Å². The van der Waals surface area contributed by atoms with Crippen molar-refractivity contribution in [2.75, 3.05) is 0 Å². The molecule has 2 heteroatoms. The van der Waals surface area contributed by atoms with Crippen molar-refractivity contribution in [3.8, 4) is 0 Å². The monoisotopic (exact) mass is 709 g/mol. The second-order valence-electron chi connectivity index (χ2n) is 12.1. The van der Waals surface area contributed by atoms with Crippen molar-refractivity contribution in [2.24, 2.45) is 7.05 Å². The van der Waals surface area contributed by atoms with Crippen LogP contribution in [0.25, 0.3) is 64.1 Å². The van der Waals surface area contributed by atoms with Gasteiger partial charge in [0.2, 0.25) is 0 Å². The molecule has 1 nitrogen and oxygen atoms in total. The third kappa shape index (κ3) is 9.22. The molecular weight excluding hydrogens is 647 g/mol. The van der Waals surface area contributed by atoms with E-state index in [1.54, 1.807) is 0 Å². The molecule has 0 fully saturated rings. The second kappa shape index (κ2) is 21.6. The van der Waals surface area contributed by atoms with Crippen molar-refractivity contribution >= 4 is 75.4 Å². The third-order valence-electron chi connectivity index (χ3n) is 9.29. The van der Waals surface area contributed by atoms with E-state index in [2.05, 4.69) is 171 Å². The van der Waals surface area contributed by atoms with Gasteiger partial charge in [0.25, 0.3) is 0 Å². The molecule has 0 bridgehead atoms. The van der Waals surface area contributed by atoms with Crippen molar-refractivity contribution in [1.29, 1.82) is 0 Å².